The first-order chi connectivity index (χ1) is 9.70. The molecule has 1 nitrogen and oxygen atoms in total. The van der Waals surface area contributed by atoms with Crippen LogP contribution in [0.4, 0.5) is 4.39 Å². The molecule has 0 saturated carbocycles. The van der Waals surface area contributed by atoms with Crippen LogP contribution in [0.3, 0.4) is 0 Å². The molecule has 0 fully saturated rings. The first kappa shape index (κ1) is 16.4. The lowest BCUT2D eigenvalue weighted by Crippen LogP contribution is -2.03. The number of carbonyl (C=O) groups excluding carboxylic acids is 1. The van der Waals surface area contributed by atoms with Gasteiger partial charge in [-0.15, -0.1) is 11.8 Å². The molecule has 0 radical (unpaired) electrons. The summed E-state index contributed by atoms with van der Waals surface area (Å²) in [4.78, 5) is 12.6. The quantitative estimate of drug-likeness (QED) is 0.582. The normalized spacial score (nSPS) is 9.60. The molecule has 0 heterocycles. The molecule has 0 amide bonds. The van der Waals surface area contributed by atoms with Crippen LogP contribution in [0.1, 0.15) is 29.8 Å². The molecule has 0 aromatic heterocycles. The lowest BCUT2D eigenvalue weighted by Gasteiger charge is -2.04. The Balaban J connectivity index is 0.000000956. The molecule has 0 aliphatic heterocycles. The van der Waals surface area contributed by atoms with E-state index in [1.165, 1.54) is 17.8 Å². The molecule has 0 spiro atoms. The third-order valence-corrected chi connectivity index (χ3v) is 3.45. The van der Waals surface area contributed by atoms with E-state index in [1.807, 2.05) is 38.3 Å². The second-order valence-corrected chi connectivity index (χ2v) is 4.78. The predicted molar refractivity (Wildman–Crippen MR) is 84.0 cm³/mol. The Kier molecular flexibility index (Phi) is 7.02. The van der Waals surface area contributed by atoms with Crippen molar-refractivity contribution in [3.63, 3.8) is 0 Å². The van der Waals surface area contributed by atoms with Gasteiger partial charge in [0.25, 0.3) is 0 Å². The van der Waals surface area contributed by atoms with Gasteiger partial charge in [0.1, 0.15) is 5.82 Å². The highest BCUT2D eigenvalue weighted by atomic mass is 32.2. The van der Waals surface area contributed by atoms with Crippen molar-refractivity contribution in [2.45, 2.75) is 25.2 Å². The fourth-order valence-electron chi connectivity index (χ4n) is 1.73. The van der Waals surface area contributed by atoms with Crippen LogP contribution >= 0.6 is 11.8 Å². The van der Waals surface area contributed by atoms with Crippen molar-refractivity contribution in [2.75, 3.05) is 6.26 Å². The second kappa shape index (κ2) is 8.54. The Labute approximate surface area is 124 Å². The average Bonchev–Trinajstić information content (AvgIpc) is 2.50. The maximum atomic E-state index is 13.6. The van der Waals surface area contributed by atoms with E-state index in [-0.39, 0.29) is 18.0 Å². The van der Waals surface area contributed by atoms with Gasteiger partial charge in [0.15, 0.2) is 5.78 Å². The number of hydrogen-bond acceptors (Lipinski definition) is 2. The van der Waals surface area contributed by atoms with Gasteiger partial charge in [0.2, 0.25) is 0 Å². The van der Waals surface area contributed by atoms with Gasteiger partial charge in [-0.25, -0.2) is 4.39 Å². The zero-order chi connectivity index (χ0) is 15.0. The summed E-state index contributed by atoms with van der Waals surface area (Å²) in [7, 11) is 0. The SMILES string of the molecule is CC.CSc1ccc(CC(=O)c2ccccc2)cc1F. The van der Waals surface area contributed by atoms with Crippen LogP contribution in [-0.2, 0) is 6.42 Å². The van der Waals surface area contributed by atoms with Gasteiger partial charge in [-0.1, -0.05) is 50.2 Å². The van der Waals surface area contributed by atoms with E-state index in [0.717, 1.165) is 0 Å². The molecule has 2 aromatic carbocycles. The van der Waals surface area contributed by atoms with Crippen molar-refractivity contribution in [1.82, 2.24) is 0 Å². The monoisotopic (exact) mass is 290 g/mol. The van der Waals surface area contributed by atoms with E-state index >= 15 is 0 Å². The van der Waals surface area contributed by atoms with Crippen LogP contribution < -0.4 is 0 Å². The number of hydrogen-bond donors (Lipinski definition) is 0. The third kappa shape index (κ3) is 4.49. The molecule has 0 atom stereocenters. The van der Waals surface area contributed by atoms with E-state index in [1.54, 1.807) is 24.3 Å². The van der Waals surface area contributed by atoms with E-state index in [4.69, 9.17) is 0 Å². The van der Waals surface area contributed by atoms with Crippen LogP contribution in [0.25, 0.3) is 0 Å². The maximum Gasteiger partial charge on any atom is 0.167 e. The van der Waals surface area contributed by atoms with Crippen LogP contribution in [0.2, 0.25) is 0 Å². The Hall–Kier alpha value is -1.61. The van der Waals surface area contributed by atoms with E-state index < -0.39 is 0 Å². The molecule has 20 heavy (non-hydrogen) atoms. The van der Waals surface area contributed by atoms with Crippen molar-refractivity contribution in [1.29, 1.82) is 0 Å². The maximum absolute atomic E-state index is 13.6. The molecule has 0 aliphatic rings. The summed E-state index contributed by atoms with van der Waals surface area (Å²) < 4.78 is 13.6. The third-order valence-electron chi connectivity index (χ3n) is 2.68. The van der Waals surface area contributed by atoms with Gasteiger partial charge < -0.3 is 0 Å². The second-order valence-electron chi connectivity index (χ2n) is 3.93. The standard InChI is InChI=1S/C15H13FOS.C2H6/c1-18-15-8-7-11(9-13(15)16)10-14(17)12-5-3-2-4-6-12;1-2/h2-9H,10H2,1H3;1-2H3. The highest BCUT2D eigenvalue weighted by Crippen LogP contribution is 2.20. The van der Waals surface area contributed by atoms with Gasteiger partial charge in [-0.05, 0) is 24.0 Å². The minimum absolute atomic E-state index is 0.00639. The summed E-state index contributed by atoms with van der Waals surface area (Å²) in [6.45, 7) is 4.00. The largest absolute Gasteiger partial charge is 0.294 e. The smallest absolute Gasteiger partial charge is 0.167 e. The Morgan fingerprint density at radius 1 is 1.10 bits per heavy atom. The summed E-state index contributed by atoms with van der Waals surface area (Å²) in [6.07, 6.45) is 2.06. The number of carbonyl (C=O) groups is 1. The number of thioether (sulfide) groups is 1. The summed E-state index contributed by atoms with van der Waals surface area (Å²) in [5.74, 6) is -0.257. The molecule has 2 aromatic rings. The minimum Gasteiger partial charge on any atom is -0.294 e. The predicted octanol–water partition coefficient (Wildman–Crippen LogP) is 5.00. The fraction of sp³-hybridized carbons (Fsp3) is 0.235. The van der Waals surface area contributed by atoms with Crippen LogP contribution in [0.15, 0.2) is 53.4 Å². The Morgan fingerprint density at radius 3 is 2.30 bits per heavy atom. The van der Waals surface area contributed by atoms with Crippen molar-refractivity contribution in [3.05, 3.63) is 65.5 Å². The molecule has 0 saturated heterocycles. The first-order valence-electron chi connectivity index (χ1n) is 6.61. The lowest BCUT2D eigenvalue weighted by molar-refractivity contribution is 0.0993. The molecule has 0 unspecified atom stereocenters. The summed E-state index contributed by atoms with van der Waals surface area (Å²) in [5, 5.41) is 0. The number of Topliss-reactive ketones (excluding diaryl/α,β-unsaturated/α-hetero) is 1. The highest BCUT2D eigenvalue weighted by molar-refractivity contribution is 7.98. The molecular weight excluding hydrogens is 271 g/mol. The topological polar surface area (TPSA) is 17.1 Å². The van der Waals surface area contributed by atoms with Crippen molar-refractivity contribution >= 4 is 17.5 Å². The van der Waals surface area contributed by atoms with Crippen LogP contribution in [0, 0.1) is 5.82 Å². The summed E-state index contributed by atoms with van der Waals surface area (Å²) in [6, 6.07) is 14.0. The molecule has 3 heteroatoms. The summed E-state index contributed by atoms with van der Waals surface area (Å²) >= 11 is 1.36. The van der Waals surface area contributed by atoms with E-state index in [9.17, 15) is 9.18 Å². The molecule has 0 bridgehead atoms. The zero-order valence-electron chi connectivity index (χ0n) is 12.0. The lowest BCUT2D eigenvalue weighted by atomic mass is 10.0. The first-order valence-corrected chi connectivity index (χ1v) is 7.84. The number of halogens is 1. The molecule has 0 N–H and O–H groups in total. The zero-order valence-corrected chi connectivity index (χ0v) is 12.8. The number of ketones is 1. The van der Waals surface area contributed by atoms with Crippen molar-refractivity contribution in [2.24, 2.45) is 0 Å². The van der Waals surface area contributed by atoms with Crippen molar-refractivity contribution in [3.8, 4) is 0 Å². The van der Waals surface area contributed by atoms with Gasteiger partial charge in [-0.2, -0.15) is 0 Å². The number of benzene rings is 2. The summed E-state index contributed by atoms with van der Waals surface area (Å²) in [5.41, 5.74) is 1.37. The van der Waals surface area contributed by atoms with E-state index in [2.05, 4.69) is 0 Å². The fourth-order valence-corrected chi connectivity index (χ4v) is 2.19. The average molecular weight is 290 g/mol. The molecule has 106 valence electrons. The van der Waals surface area contributed by atoms with E-state index in [0.29, 0.717) is 16.0 Å². The Morgan fingerprint density at radius 2 is 1.75 bits per heavy atom. The van der Waals surface area contributed by atoms with Gasteiger partial charge >= 0.3 is 0 Å². The Bertz CT molecular complexity index is 552. The highest BCUT2D eigenvalue weighted by Gasteiger charge is 2.08. The van der Waals surface area contributed by atoms with Crippen molar-refractivity contribution < 1.29 is 9.18 Å². The van der Waals surface area contributed by atoms with Gasteiger partial charge in [0.05, 0.1) is 0 Å². The molecular formula is C17H19FOS. The minimum atomic E-state index is -0.263. The van der Waals surface area contributed by atoms with Gasteiger partial charge in [0, 0.05) is 16.9 Å². The van der Waals surface area contributed by atoms with Crippen LogP contribution in [0.5, 0.6) is 0 Å². The molecule has 0 aliphatic carbocycles. The number of rotatable bonds is 4. The molecule has 2 rings (SSSR count). The van der Waals surface area contributed by atoms with Gasteiger partial charge in [-0.3, -0.25) is 4.79 Å². The van der Waals surface area contributed by atoms with Crippen LogP contribution in [-0.4, -0.2) is 12.0 Å².